The Morgan fingerprint density at radius 1 is 0.977 bits per heavy atom. The van der Waals surface area contributed by atoms with Gasteiger partial charge in [-0.3, -0.25) is 14.4 Å². The van der Waals surface area contributed by atoms with Crippen LogP contribution in [-0.2, 0) is 10.9 Å². The molecule has 2 N–H and O–H groups in total. The van der Waals surface area contributed by atoms with Gasteiger partial charge in [0.1, 0.15) is 6.10 Å². The first-order valence-corrected chi connectivity index (χ1v) is 13.2. The predicted molar refractivity (Wildman–Crippen MR) is 145 cm³/mol. The lowest BCUT2D eigenvalue weighted by atomic mass is 9.98. The van der Waals surface area contributed by atoms with Gasteiger partial charge in [0.15, 0.2) is 5.78 Å². The summed E-state index contributed by atoms with van der Waals surface area (Å²) in [6, 6.07) is 19.7. The molecular formula is C30H25F3N4O6. The van der Waals surface area contributed by atoms with Crippen LogP contribution in [0.4, 0.5) is 13.2 Å². The molecule has 1 aromatic heterocycles. The summed E-state index contributed by atoms with van der Waals surface area (Å²) in [5.41, 5.74) is 1.31. The topological polar surface area (TPSA) is 135 Å². The van der Waals surface area contributed by atoms with Crippen molar-refractivity contribution in [2.75, 3.05) is 26.3 Å². The van der Waals surface area contributed by atoms with E-state index in [4.69, 9.17) is 4.74 Å². The number of carbonyl (C=O) groups is 3. The zero-order valence-electron chi connectivity index (χ0n) is 22.5. The van der Waals surface area contributed by atoms with E-state index in [0.29, 0.717) is 5.56 Å². The number of aliphatic hydroxyl groups is 1. The Bertz CT molecular complexity index is 1610. The molecule has 222 valence electrons. The highest BCUT2D eigenvalue weighted by molar-refractivity contribution is 6.03. The Kier molecular flexibility index (Phi) is 8.64. The van der Waals surface area contributed by atoms with Crippen LogP contribution in [0, 0.1) is 0 Å². The molecule has 13 heteroatoms. The summed E-state index contributed by atoms with van der Waals surface area (Å²) < 4.78 is 48.0. The van der Waals surface area contributed by atoms with Crippen LogP contribution in [0.1, 0.15) is 48.6 Å². The molecule has 1 aliphatic rings. The molecule has 2 amide bonds. The van der Waals surface area contributed by atoms with E-state index in [0.717, 1.165) is 0 Å². The first-order chi connectivity index (χ1) is 20.6. The normalized spacial score (nSPS) is 16.0. The van der Waals surface area contributed by atoms with Crippen molar-refractivity contribution in [3.8, 4) is 11.4 Å². The standard InChI is InChI=1S/C30H25F3N4O6/c31-30(32,33)29-35-26(36-43-29)19-9-11-20(12-10-19)27(40)34-16-23-17-42-14-13-37(23)28(41)22-8-4-7-21(15-22)25(39)24(38)18-5-2-1-3-6-18/h1-12,15,23-24,38H,13-14,16-17H2,(H,34,40)/t23-,24?/m0/s1. The van der Waals surface area contributed by atoms with Gasteiger partial charge in [-0.2, -0.15) is 18.2 Å². The average molecular weight is 595 g/mol. The molecule has 1 fully saturated rings. The predicted octanol–water partition coefficient (Wildman–Crippen LogP) is 3.94. The van der Waals surface area contributed by atoms with E-state index in [-0.39, 0.29) is 60.3 Å². The minimum Gasteiger partial charge on any atom is -0.380 e. The van der Waals surface area contributed by atoms with Gasteiger partial charge in [0.05, 0.1) is 19.3 Å². The molecule has 0 aliphatic carbocycles. The molecule has 0 saturated carbocycles. The Hall–Kier alpha value is -4.88. The fourth-order valence-corrected chi connectivity index (χ4v) is 4.55. The number of ketones is 1. The fraction of sp³-hybridized carbons (Fsp3) is 0.233. The first kappa shape index (κ1) is 29.6. The number of nitrogens with zero attached hydrogens (tertiary/aromatic N) is 3. The summed E-state index contributed by atoms with van der Waals surface area (Å²) in [7, 11) is 0. The van der Waals surface area contributed by atoms with E-state index in [2.05, 4.69) is 20.0 Å². The number of aliphatic hydroxyl groups excluding tert-OH is 1. The third-order valence-corrected chi connectivity index (χ3v) is 6.82. The van der Waals surface area contributed by atoms with Gasteiger partial charge >= 0.3 is 12.1 Å². The Balaban J connectivity index is 1.23. The number of Topliss-reactive ketones (excluding diaryl/α,β-unsaturated/α-hetero) is 1. The molecule has 3 aromatic carbocycles. The molecule has 0 bridgehead atoms. The van der Waals surface area contributed by atoms with Crippen LogP contribution in [0.25, 0.3) is 11.4 Å². The van der Waals surface area contributed by atoms with Crippen molar-refractivity contribution in [3.05, 3.63) is 107 Å². The molecular weight excluding hydrogens is 569 g/mol. The number of hydrogen-bond acceptors (Lipinski definition) is 8. The first-order valence-electron chi connectivity index (χ1n) is 13.2. The van der Waals surface area contributed by atoms with Gasteiger partial charge in [0.2, 0.25) is 5.82 Å². The van der Waals surface area contributed by atoms with Gasteiger partial charge in [-0.05, 0) is 29.8 Å². The Morgan fingerprint density at radius 3 is 2.40 bits per heavy atom. The lowest BCUT2D eigenvalue weighted by molar-refractivity contribution is -0.159. The van der Waals surface area contributed by atoms with Gasteiger partial charge in [0.25, 0.3) is 11.8 Å². The highest BCUT2D eigenvalue weighted by atomic mass is 19.4. The van der Waals surface area contributed by atoms with Crippen LogP contribution in [0.5, 0.6) is 0 Å². The lowest BCUT2D eigenvalue weighted by Crippen LogP contribution is -2.53. The average Bonchev–Trinajstić information content (AvgIpc) is 3.55. The maximum Gasteiger partial charge on any atom is 0.471 e. The summed E-state index contributed by atoms with van der Waals surface area (Å²) in [5.74, 6) is -3.13. The van der Waals surface area contributed by atoms with E-state index in [1.165, 1.54) is 36.4 Å². The largest absolute Gasteiger partial charge is 0.471 e. The number of ether oxygens (including phenoxy) is 1. The molecule has 0 radical (unpaired) electrons. The summed E-state index contributed by atoms with van der Waals surface area (Å²) >= 11 is 0. The summed E-state index contributed by atoms with van der Waals surface area (Å²) in [4.78, 5) is 44.1. The van der Waals surface area contributed by atoms with Gasteiger partial charge in [0, 0.05) is 35.3 Å². The monoisotopic (exact) mass is 594 g/mol. The van der Waals surface area contributed by atoms with Crippen molar-refractivity contribution < 1.29 is 41.9 Å². The zero-order chi connectivity index (χ0) is 30.6. The lowest BCUT2D eigenvalue weighted by Gasteiger charge is -2.35. The van der Waals surface area contributed by atoms with Gasteiger partial charge in [-0.15, -0.1) is 0 Å². The second-order valence-electron chi connectivity index (χ2n) is 9.69. The second-order valence-corrected chi connectivity index (χ2v) is 9.69. The zero-order valence-corrected chi connectivity index (χ0v) is 22.5. The van der Waals surface area contributed by atoms with Gasteiger partial charge < -0.3 is 24.6 Å². The maximum absolute atomic E-state index is 13.5. The number of hydrogen-bond donors (Lipinski definition) is 2. The van der Waals surface area contributed by atoms with Crippen LogP contribution < -0.4 is 5.32 Å². The van der Waals surface area contributed by atoms with E-state index in [1.54, 1.807) is 47.4 Å². The van der Waals surface area contributed by atoms with Gasteiger partial charge in [-0.1, -0.05) is 59.8 Å². The summed E-state index contributed by atoms with van der Waals surface area (Å²) in [6.07, 6.45) is -6.15. The number of morpholine rings is 1. The van der Waals surface area contributed by atoms with Crippen molar-refractivity contribution in [3.63, 3.8) is 0 Å². The highest BCUT2D eigenvalue weighted by Gasteiger charge is 2.38. The molecule has 5 rings (SSSR count). The highest BCUT2D eigenvalue weighted by Crippen LogP contribution is 2.29. The fourth-order valence-electron chi connectivity index (χ4n) is 4.55. The molecule has 10 nitrogen and oxygen atoms in total. The minimum atomic E-state index is -4.77. The summed E-state index contributed by atoms with van der Waals surface area (Å²) in [6.45, 7) is 0.756. The van der Waals surface area contributed by atoms with E-state index in [9.17, 15) is 32.7 Å². The van der Waals surface area contributed by atoms with Crippen molar-refractivity contribution in [1.29, 1.82) is 0 Å². The number of halogens is 3. The Labute approximate surface area is 243 Å². The molecule has 4 aromatic rings. The van der Waals surface area contributed by atoms with Crippen LogP contribution in [0.3, 0.4) is 0 Å². The second kappa shape index (κ2) is 12.5. The van der Waals surface area contributed by atoms with Crippen molar-refractivity contribution in [2.24, 2.45) is 0 Å². The molecule has 2 atom stereocenters. The van der Waals surface area contributed by atoms with E-state index >= 15 is 0 Å². The smallest absolute Gasteiger partial charge is 0.380 e. The van der Waals surface area contributed by atoms with Crippen LogP contribution in [0.2, 0.25) is 0 Å². The molecule has 1 aliphatic heterocycles. The Morgan fingerprint density at radius 2 is 1.70 bits per heavy atom. The van der Waals surface area contributed by atoms with Crippen LogP contribution >= 0.6 is 0 Å². The molecule has 1 unspecified atom stereocenters. The molecule has 0 spiro atoms. The minimum absolute atomic E-state index is 0.0530. The number of benzene rings is 3. The third-order valence-electron chi connectivity index (χ3n) is 6.82. The number of rotatable bonds is 8. The third kappa shape index (κ3) is 6.79. The van der Waals surface area contributed by atoms with Crippen molar-refractivity contribution >= 4 is 17.6 Å². The van der Waals surface area contributed by atoms with Crippen molar-refractivity contribution in [2.45, 2.75) is 18.3 Å². The number of amides is 2. The van der Waals surface area contributed by atoms with E-state index in [1.807, 2.05) is 0 Å². The quantitative estimate of drug-likeness (QED) is 0.293. The van der Waals surface area contributed by atoms with Gasteiger partial charge in [-0.25, -0.2) is 0 Å². The maximum atomic E-state index is 13.5. The van der Waals surface area contributed by atoms with Crippen molar-refractivity contribution in [1.82, 2.24) is 20.4 Å². The number of carbonyl (C=O) groups excluding carboxylic acids is 3. The number of nitrogens with one attached hydrogen (secondary N) is 1. The molecule has 1 saturated heterocycles. The summed E-state index contributed by atoms with van der Waals surface area (Å²) in [5, 5.41) is 16.6. The number of aromatic nitrogens is 2. The van der Waals surface area contributed by atoms with Crippen LogP contribution in [-0.4, -0.2) is 70.1 Å². The molecule has 43 heavy (non-hydrogen) atoms. The van der Waals surface area contributed by atoms with Crippen LogP contribution in [0.15, 0.2) is 83.4 Å². The SMILES string of the molecule is O=C(NC[C@H]1COCCN1C(=O)c1cccc(C(=O)C(O)c2ccccc2)c1)c1ccc(-c2noc(C(F)(F)F)n2)cc1. The number of alkyl halides is 3. The molecule has 2 heterocycles. The van der Waals surface area contributed by atoms with E-state index < -0.39 is 35.9 Å².